The van der Waals surface area contributed by atoms with E-state index in [4.69, 9.17) is 5.11 Å². The molecule has 1 aliphatic carbocycles. The highest BCUT2D eigenvalue weighted by molar-refractivity contribution is 9.10. The molecule has 6 heteroatoms. The van der Waals surface area contributed by atoms with Crippen LogP contribution in [0.3, 0.4) is 0 Å². The molecule has 20 heavy (non-hydrogen) atoms. The minimum absolute atomic E-state index is 0.0165. The summed E-state index contributed by atoms with van der Waals surface area (Å²) in [4.78, 5) is 0.193. The van der Waals surface area contributed by atoms with Crippen LogP contribution in [0.2, 0.25) is 0 Å². The highest BCUT2D eigenvalue weighted by Crippen LogP contribution is 2.34. The van der Waals surface area contributed by atoms with E-state index in [9.17, 15) is 8.42 Å². The molecule has 1 aromatic rings. The fourth-order valence-corrected chi connectivity index (χ4v) is 4.53. The summed E-state index contributed by atoms with van der Waals surface area (Å²) in [6, 6.07) is 4.85. The van der Waals surface area contributed by atoms with Gasteiger partial charge in [-0.25, -0.2) is 13.1 Å². The van der Waals surface area contributed by atoms with Crippen molar-refractivity contribution in [1.82, 2.24) is 4.72 Å². The molecule has 0 aliphatic heterocycles. The van der Waals surface area contributed by atoms with Gasteiger partial charge in [0, 0.05) is 10.5 Å². The molecule has 112 valence electrons. The van der Waals surface area contributed by atoms with Gasteiger partial charge in [0.15, 0.2) is 0 Å². The molecule has 0 spiro atoms. The zero-order chi connectivity index (χ0) is 14.8. The van der Waals surface area contributed by atoms with Crippen LogP contribution in [0.1, 0.15) is 38.2 Å². The van der Waals surface area contributed by atoms with Crippen molar-refractivity contribution in [2.45, 2.75) is 50.2 Å². The molecule has 0 bridgehead atoms. The summed E-state index contributed by atoms with van der Waals surface area (Å²) in [7, 11) is -3.56. The number of sulfonamides is 1. The topological polar surface area (TPSA) is 66.4 Å². The number of benzene rings is 1. The molecule has 0 heterocycles. The van der Waals surface area contributed by atoms with Crippen LogP contribution in [0.15, 0.2) is 27.6 Å². The van der Waals surface area contributed by atoms with Crippen LogP contribution in [0.4, 0.5) is 0 Å². The quantitative estimate of drug-likeness (QED) is 0.784. The first-order valence-electron chi connectivity index (χ1n) is 6.88. The van der Waals surface area contributed by atoms with Gasteiger partial charge < -0.3 is 5.11 Å². The van der Waals surface area contributed by atoms with Gasteiger partial charge in [0.2, 0.25) is 10.0 Å². The monoisotopic (exact) mass is 361 g/mol. The lowest BCUT2D eigenvalue weighted by molar-refractivity contribution is 0.281. The third-order valence-electron chi connectivity index (χ3n) is 3.60. The molecule has 0 aromatic heterocycles. The molecule has 2 N–H and O–H groups in total. The van der Waals surface area contributed by atoms with Crippen molar-refractivity contribution in [3.63, 3.8) is 0 Å². The van der Waals surface area contributed by atoms with E-state index in [1.807, 2.05) is 6.92 Å². The van der Waals surface area contributed by atoms with Crippen molar-refractivity contribution in [3.8, 4) is 0 Å². The highest BCUT2D eigenvalue weighted by atomic mass is 79.9. The first-order valence-corrected chi connectivity index (χ1v) is 9.15. The van der Waals surface area contributed by atoms with E-state index in [1.54, 1.807) is 12.1 Å². The van der Waals surface area contributed by atoms with E-state index in [0.29, 0.717) is 16.0 Å². The van der Waals surface area contributed by atoms with Crippen LogP contribution < -0.4 is 4.72 Å². The summed E-state index contributed by atoms with van der Waals surface area (Å²) in [5.41, 5.74) is 0.587. The van der Waals surface area contributed by atoms with E-state index < -0.39 is 10.0 Å². The van der Waals surface area contributed by atoms with Crippen molar-refractivity contribution >= 4 is 26.0 Å². The minimum atomic E-state index is -3.56. The molecule has 0 radical (unpaired) electrons. The number of hydrogen-bond donors (Lipinski definition) is 2. The zero-order valence-electron chi connectivity index (χ0n) is 11.5. The molecule has 1 saturated carbocycles. The molecule has 4 nitrogen and oxygen atoms in total. The Balaban J connectivity index is 2.19. The molecule has 2 rings (SSSR count). The van der Waals surface area contributed by atoms with Gasteiger partial charge in [-0.15, -0.1) is 0 Å². The summed E-state index contributed by atoms with van der Waals surface area (Å²) < 4.78 is 28.2. The number of aliphatic hydroxyl groups is 1. The Morgan fingerprint density at radius 3 is 2.70 bits per heavy atom. The van der Waals surface area contributed by atoms with Crippen LogP contribution >= 0.6 is 15.9 Å². The molecular weight excluding hydrogens is 342 g/mol. The molecule has 1 atom stereocenters. The second-order valence-corrected chi connectivity index (χ2v) is 7.87. The molecular formula is C14H20BrNO3S. The summed E-state index contributed by atoms with van der Waals surface area (Å²) in [6.45, 7) is 1.82. The number of rotatable bonds is 7. The SMILES string of the molecule is CCC(CC1CC1)NS(=O)(=O)c1cc(CO)ccc1Br. The Morgan fingerprint density at radius 2 is 2.15 bits per heavy atom. The van der Waals surface area contributed by atoms with Gasteiger partial charge in [0.05, 0.1) is 11.5 Å². The zero-order valence-corrected chi connectivity index (χ0v) is 13.9. The van der Waals surface area contributed by atoms with Crippen LogP contribution in [0.5, 0.6) is 0 Å². The lowest BCUT2D eigenvalue weighted by atomic mass is 10.1. The smallest absolute Gasteiger partial charge is 0.241 e. The first kappa shape index (κ1) is 15.9. The Kier molecular flexibility index (Phi) is 5.23. The van der Waals surface area contributed by atoms with Crippen LogP contribution in [-0.2, 0) is 16.6 Å². The average molecular weight is 362 g/mol. The predicted molar refractivity (Wildman–Crippen MR) is 81.8 cm³/mol. The maximum Gasteiger partial charge on any atom is 0.241 e. The van der Waals surface area contributed by atoms with Gasteiger partial charge in [-0.1, -0.05) is 25.8 Å². The van der Waals surface area contributed by atoms with Crippen molar-refractivity contribution < 1.29 is 13.5 Å². The number of aliphatic hydroxyl groups excluding tert-OH is 1. The van der Waals surface area contributed by atoms with Crippen molar-refractivity contribution in [2.75, 3.05) is 0 Å². The van der Waals surface area contributed by atoms with Gasteiger partial charge in [-0.2, -0.15) is 0 Å². The summed E-state index contributed by atoms with van der Waals surface area (Å²) in [5.74, 6) is 0.676. The van der Waals surface area contributed by atoms with E-state index in [1.165, 1.54) is 18.9 Å². The fourth-order valence-electron chi connectivity index (χ4n) is 2.19. The van der Waals surface area contributed by atoms with Crippen molar-refractivity contribution in [2.24, 2.45) is 5.92 Å². The maximum absolute atomic E-state index is 12.5. The van der Waals surface area contributed by atoms with Gasteiger partial charge in [0.25, 0.3) is 0 Å². The molecule has 1 fully saturated rings. The van der Waals surface area contributed by atoms with E-state index in [-0.39, 0.29) is 17.5 Å². The molecule has 1 aliphatic rings. The van der Waals surface area contributed by atoms with Gasteiger partial charge >= 0.3 is 0 Å². The van der Waals surface area contributed by atoms with Crippen LogP contribution in [-0.4, -0.2) is 19.6 Å². The Labute approximate surface area is 128 Å². The Bertz CT molecular complexity index is 570. The Morgan fingerprint density at radius 1 is 1.45 bits per heavy atom. The van der Waals surface area contributed by atoms with E-state index >= 15 is 0 Å². The van der Waals surface area contributed by atoms with Gasteiger partial charge in [0.1, 0.15) is 0 Å². The average Bonchev–Trinajstić information content (AvgIpc) is 3.22. The maximum atomic E-state index is 12.5. The number of nitrogens with one attached hydrogen (secondary N) is 1. The lowest BCUT2D eigenvalue weighted by Crippen LogP contribution is -2.35. The third kappa shape index (κ3) is 4.04. The van der Waals surface area contributed by atoms with E-state index in [0.717, 1.165) is 12.8 Å². The minimum Gasteiger partial charge on any atom is -0.392 e. The van der Waals surface area contributed by atoms with Crippen LogP contribution in [0.25, 0.3) is 0 Å². The van der Waals surface area contributed by atoms with Gasteiger partial charge in [-0.3, -0.25) is 0 Å². The fraction of sp³-hybridized carbons (Fsp3) is 0.571. The second-order valence-electron chi connectivity index (χ2n) is 5.33. The predicted octanol–water partition coefficient (Wildman–Crippen LogP) is 2.80. The third-order valence-corrected chi connectivity index (χ3v) is 6.11. The summed E-state index contributed by atoms with van der Waals surface area (Å²) >= 11 is 3.27. The Hall–Kier alpha value is -0.430. The molecule has 1 unspecified atom stereocenters. The largest absolute Gasteiger partial charge is 0.392 e. The normalized spacial score (nSPS) is 17.1. The highest BCUT2D eigenvalue weighted by Gasteiger charge is 2.28. The molecule has 0 amide bonds. The number of halogens is 1. The lowest BCUT2D eigenvalue weighted by Gasteiger charge is -2.17. The number of hydrogen-bond acceptors (Lipinski definition) is 3. The second kappa shape index (κ2) is 6.56. The van der Waals surface area contributed by atoms with E-state index in [2.05, 4.69) is 20.7 Å². The van der Waals surface area contributed by atoms with Gasteiger partial charge in [-0.05, 0) is 52.4 Å². The van der Waals surface area contributed by atoms with Crippen molar-refractivity contribution in [1.29, 1.82) is 0 Å². The standard InChI is InChI=1S/C14H20BrNO3S/c1-2-12(7-10-3-4-10)16-20(18,19)14-8-11(9-17)5-6-13(14)15/h5-6,8,10,12,16-17H,2-4,7,9H2,1H3. The first-order chi connectivity index (χ1) is 9.46. The summed E-state index contributed by atoms with van der Waals surface area (Å²) in [5, 5.41) is 9.14. The van der Waals surface area contributed by atoms with Crippen molar-refractivity contribution in [3.05, 3.63) is 28.2 Å². The molecule has 1 aromatic carbocycles. The van der Waals surface area contributed by atoms with Crippen LogP contribution in [0, 0.1) is 5.92 Å². The summed E-state index contributed by atoms with van der Waals surface area (Å²) in [6.07, 6.45) is 4.11. The molecule has 0 saturated heterocycles.